The number of sulfone groups is 6. The summed E-state index contributed by atoms with van der Waals surface area (Å²) in [5, 5.41) is 16.4. The molecule has 120 heavy (non-hydrogen) atoms. The highest BCUT2D eigenvalue weighted by Gasteiger charge is 2.42. The van der Waals surface area contributed by atoms with Crippen LogP contribution < -0.4 is 31.9 Å². The number of carbonyl (C=O) groups excluding carboxylic acids is 6. The van der Waals surface area contributed by atoms with Gasteiger partial charge in [0.1, 0.15) is 0 Å². The molecule has 0 bridgehead atoms. The van der Waals surface area contributed by atoms with Crippen LogP contribution in [0, 0.1) is 11.8 Å². The Morgan fingerprint density at radius 1 is 0.325 bits per heavy atom. The van der Waals surface area contributed by atoms with Gasteiger partial charge in [-0.15, -0.1) is 6.58 Å². The minimum absolute atomic E-state index is 0.0179. The van der Waals surface area contributed by atoms with Crippen molar-refractivity contribution in [3.63, 3.8) is 0 Å². The van der Waals surface area contributed by atoms with Crippen LogP contribution >= 0.6 is 271 Å². The molecule has 0 saturated carbocycles. The van der Waals surface area contributed by atoms with Crippen LogP contribution in [0.25, 0.3) is 0 Å². The fourth-order valence-corrected chi connectivity index (χ4v) is 23.0. The Labute approximate surface area is 846 Å². The molecule has 24 nitrogen and oxygen atoms in total. The molecule has 6 amide bonds. The number of carbonyl (C=O) groups is 6. The van der Waals surface area contributed by atoms with Crippen molar-refractivity contribution in [2.75, 3.05) is 39.3 Å². The normalized spacial score (nSPS) is 12.2. The van der Waals surface area contributed by atoms with Gasteiger partial charge in [-0.3, -0.25) is 28.8 Å². The second-order valence-corrected chi connectivity index (χ2v) is 83.9. The van der Waals surface area contributed by atoms with E-state index in [0.717, 1.165) is 51.4 Å². The number of unbranched alkanes of at least 4 members (excludes halogenated alkanes) is 4. The van der Waals surface area contributed by atoms with E-state index in [4.69, 9.17) is 0 Å². The topological polar surface area (TPSA) is 379 Å². The highest BCUT2D eigenvalue weighted by atomic mass is 80.0. The van der Waals surface area contributed by atoms with Gasteiger partial charge < -0.3 is 31.9 Å². The van der Waals surface area contributed by atoms with Crippen LogP contribution in [0.1, 0.15) is 162 Å². The van der Waals surface area contributed by atoms with Gasteiger partial charge in [-0.2, -0.15) is 0 Å². The third-order valence-electron chi connectivity index (χ3n) is 15.0. The van der Waals surface area contributed by atoms with Crippen LogP contribution in [-0.2, 0) is 59.0 Å². The van der Waals surface area contributed by atoms with E-state index in [-0.39, 0.29) is 70.4 Å². The Kier molecular flexibility index (Phi) is 53.5. The standard InChI is InChI=1S/2C13H16Br3NO3S.2C12H14Br3NO3S.C12H15Br2NO3S.C11H10Br3NO3S/c1-9(2)6-7-17-12(18)10-4-3-5-11(8-10)21(19,20)13(14,15)16;1-2-3-4-8-17-12(18)10-6-5-7-11(9-10)21(19,20)13(14,15)16;1-8(2)7-16-11(17)9-4-3-5-10(6-9)20(18,19)12(13,14)15;1-2-3-7-16-11(17)9-5-4-6-10(8-9)20(18,19)12(13,14)15;1-2-3-7-15-11(16)9-5-4-6-10(8-9)19(17,18)12(13)14;1-2-6-15-10(16)8-4-3-5-9(7-8)19(17,18)11(12,13)14/h3-5,8-9H,6-7H2,1-2H3,(H,17,18);5-7,9H,2-4,8H2,1H3,(H,17,18);3-6,8H,7H2,1-2H3,(H,16,17);4-6,8H,2-3,7H2,1H3,(H,16,17);4-6,8,12H,2-3,7H2,1H3,(H,15,16);2-5,7H,1,6H2,(H,15,16). The summed E-state index contributed by atoms with van der Waals surface area (Å²) < 4.78 is 138. The first kappa shape index (κ1) is 118. The van der Waals surface area contributed by atoms with Crippen molar-refractivity contribution >= 4 is 365 Å². The molecular formula is C73H85Br17N6O18S6. The highest BCUT2D eigenvalue weighted by Crippen LogP contribution is 2.47. The molecule has 0 unspecified atom stereocenters. The van der Waals surface area contributed by atoms with E-state index >= 15 is 0 Å². The monoisotopic (exact) mass is 2870 g/mol. The first-order valence-electron chi connectivity index (χ1n) is 35.1. The lowest BCUT2D eigenvalue weighted by molar-refractivity contribution is 0.0941. The van der Waals surface area contributed by atoms with E-state index in [2.05, 4.69) is 330 Å². The molecule has 6 aromatic rings. The highest BCUT2D eigenvalue weighted by molar-refractivity contribution is 9.44. The van der Waals surface area contributed by atoms with Crippen molar-refractivity contribution in [1.29, 1.82) is 0 Å². The lowest BCUT2D eigenvalue weighted by Gasteiger charge is -2.14. The molecule has 0 aliphatic heterocycles. The van der Waals surface area contributed by atoms with Crippen LogP contribution in [-0.4, -0.2) is 136 Å². The van der Waals surface area contributed by atoms with Crippen LogP contribution in [0.5, 0.6) is 0 Å². The van der Waals surface area contributed by atoms with Crippen molar-refractivity contribution in [3.05, 3.63) is 192 Å². The van der Waals surface area contributed by atoms with E-state index in [1.807, 2.05) is 27.7 Å². The Bertz CT molecular complexity index is 5170. The molecule has 0 spiro atoms. The molecule has 6 rings (SSSR count). The van der Waals surface area contributed by atoms with E-state index in [0.29, 0.717) is 78.9 Å². The first-order valence-corrected chi connectivity index (χ1v) is 57.8. The molecule has 0 heterocycles. The van der Waals surface area contributed by atoms with Crippen molar-refractivity contribution in [1.82, 2.24) is 31.9 Å². The lowest BCUT2D eigenvalue weighted by atomic mass is 10.1. The van der Waals surface area contributed by atoms with Crippen LogP contribution in [0.2, 0.25) is 0 Å². The fourth-order valence-electron chi connectivity index (χ4n) is 8.49. The van der Waals surface area contributed by atoms with Gasteiger partial charge >= 0.3 is 0 Å². The number of nitrogens with one attached hydrogen (secondary N) is 6. The minimum atomic E-state index is -3.70. The number of benzene rings is 6. The molecule has 0 aliphatic carbocycles. The lowest BCUT2D eigenvalue weighted by Crippen LogP contribution is -2.27. The number of amides is 6. The maximum Gasteiger partial charge on any atom is 0.251 e. The van der Waals surface area contributed by atoms with E-state index < -0.39 is 69.5 Å². The molecule has 6 aromatic carbocycles. The fraction of sp³-hybridized carbons (Fsp3) is 0.397. The molecule has 0 aromatic heterocycles. The molecule has 0 radical (unpaired) electrons. The third kappa shape index (κ3) is 39.4. The maximum absolute atomic E-state index is 12.3. The van der Waals surface area contributed by atoms with Crippen molar-refractivity contribution in [3.8, 4) is 0 Å². The molecule has 0 saturated heterocycles. The molecule has 670 valence electrons. The third-order valence-corrected chi connectivity index (χ3v) is 45.9. The summed E-state index contributed by atoms with van der Waals surface area (Å²) in [7, 11) is -22.0. The zero-order valence-corrected chi connectivity index (χ0v) is 96.4. The number of rotatable bonds is 30. The smallest absolute Gasteiger partial charge is 0.251 e. The van der Waals surface area contributed by atoms with Gasteiger partial charge in [0.05, 0.1) is 29.4 Å². The van der Waals surface area contributed by atoms with E-state index in [1.54, 1.807) is 60.7 Å². The second kappa shape index (κ2) is 54.5. The summed E-state index contributed by atoms with van der Waals surface area (Å²) in [4.78, 5) is 71.7. The van der Waals surface area contributed by atoms with Gasteiger partial charge in [-0.25, -0.2) is 50.5 Å². The Morgan fingerprint density at radius 3 is 0.775 bits per heavy atom. The van der Waals surface area contributed by atoms with E-state index in [1.165, 1.54) is 91.0 Å². The number of halogens is 17. The maximum atomic E-state index is 12.3. The molecular weight excluding hydrogens is 2800 g/mol. The molecule has 0 atom stereocenters. The van der Waals surface area contributed by atoms with Gasteiger partial charge in [0.25, 0.3) is 35.4 Å². The van der Waals surface area contributed by atoms with Gasteiger partial charge in [-0.1, -0.05) is 148 Å². The van der Waals surface area contributed by atoms with Gasteiger partial charge in [0.2, 0.25) is 66.4 Å². The average Bonchev–Trinajstić information content (AvgIpc) is 0.818. The Balaban J connectivity index is 0.000000720. The molecule has 0 aliphatic rings. The van der Waals surface area contributed by atoms with Gasteiger partial charge in [0.15, 0.2) is 3.07 Å². The molecule has 0 fully saturated rings. The van der Waals surface area contributed by atoms with Crippen LogP contribution in [0.3, 0.4) is 0 Å². The van der Waals surface area contributed by atoms with E-state index in [9.17, 15) is 79.3 Å². The van der Waals surface area contributed by atoms with Gasteiger partial charge in [0, 0.05) is 72.6 Å². The summed E-state index contributed by atoms with van der Waals surface area (Å²) in [6.45, 7) is 20.9. The van der Waals surface area contributed by atoms with Crippen molar-refractivity contribution < 1.29 is 79.3 Å². The number of alkyl halides is 17. The van der Waals surface area contributed by atoms with Crippen molar-refractivity contribution in [2.45, 2.75) is 140 Å². The largest absolute Gasteiger partial charge is 0.352 e. The molecule has 47 heteroatoms. The zero-order valence-electron chi connectivity index (χ0n) is 64.5. The summed E-state index contributed by atoms with van der Waals surface area (Å²) in [5.41, 5.74) is 1.88. The van der Waals surface area contributed by atoms with Crippen LogP contribution in [0.15, 0.2) is 188 Å². The predicted molar refractivity (Wildman–Crippen MR) is 539 cm³/mol. The quantitative estimate of drug-likeness (QED) is 0.0139. The van der Waals surface area contributed by atoms with Gasteiger partial charge in [-0.05, 0) is 386 Å². The Hall–Kier alpha value is -0.260. The zero-order chi connectivity index (χ0) is 92.4. The average molecular weight is 2890 g/mol. The first-order chi connectivity index (χ1) is 55.1. The summed E-state index contributed by atoms with van der Waals surface area (Å²) in [6, 6.07) is 35.5. The van der Waals surface area contributed by atoms with Crippen molar-refractivity contribution in [2.24, 2.45) is 11.8 Å². The minimum Gasteiger partial charge on any atom is -0.352 e. The number of hydrogen-bond donors (Lipinski definition) is 6. The summed E-state index contributed by atoms with van der Waals surface area (Å²) in [5.74, 6) is -0.921. The molecule has 6 N–H and O–H groups in total. The summed E-state index contributed by atoms with van der Waals surface area (Å²) >= 11 is 50.8. The SMILES string of the molecule is C=CCNC(=O)c1cccc(S(=O)(=O)C(Br)(Br)Br)c1.CC(C)CCNC(=O)c1cccc(S(=O)(=O)C(Br)(Br)Br)c1.CC(C)CNC(=O)c1cccc(S(=O)(=O)C(Br)(Br)Br)c1.CCCCCNC(=O)c1cccc(S(=O)(=O)C(Br)(Br)Br)c1.CCCCNC(=O)c1cccc(S(=O)(=O)C(Br)(Br)Br)c1.CCCCNC(=O)c1cccc(S(=O)(=O)C(Br)Br)c1. The number of hydrogen-bond acceptors (Lipinski definition) is 18. The predicted octanol–water partition coefficient (Wildman–Crippen LogP) is 21.9. The second-order valence-electron chi connectivity index (χ2n) is 25.4. The Morgan fingerprint density at radius 2 is 0.550 bits per heavy atom. The van der Waals surface area contributed by atoms with Crippen LogP contribution in [0.4, 0.5) is 0 Å². The summed E-state index contributed by atoms with van der Waals surface area (Å²) in [6.07, 6.45) is 9.20.